The molecular weight excluding hydrogens is 979 g/mol. The minimum atomic E-state index is -1.57. The number of nitrogens with one attached hydrogen (secondary N) is 1. The van der Waals surface area contributed by atoms with E-state index >= 15 is 0 Å². The fraction of sp³-hybridized carbons (Fsp3) is 0.910. The molecule has 7 atom stereocenters. The number of hydrogen-bond acceptors (Lipinski definition) is 10. The van der Waals surface area contributed by atoms with Gasteiger partial charge in [0.25, 0.3) is 0 Å². The second kappa shape index (κ2) is 57.0. The molecule has 0 spiro atoms. The molecule has 11 nitrogen and oxygen atoms in total. The number of unbranched alkanes of at least 4 members (excludes halogenated alkanes) is 43. The van der Waals surface area contributed by atoms with Crippen LogP contribution in [0.1, 0.15) is 328 Å². The van der Waals surface area contributed by atoms with E-state index in [1.807, 2.05) is 6.08 Å². The zero-order valence-corrected chi connectivity index (χ0v) is 50.9. The molecule has 1 aliphatic rings. The van der Waals surface area contributed by atoms with Gasteiger partial charge >= 0.3 is 5.97 Å². The average Bonchev–Trinajstić information content (AvgIpc) is 3.45. The van der Waals surface area contributed by atoms with E-state index in [0.717, 1.165) is 57.8 Å². The smallest absolute Gasteiger partial charge is 0.305 e. The summed E-state index contributed by atoms with van der Waals surface area (Å²) in [6.45, 7) is 4.33. The maximum Gasteiger partial charge on any atom is 0.305 e. The van der Waals surface area contributed by atoms with Crippen molar-refractivity contribution in [3.63, 3.8) is 0 Å². The molecule has 6 N–H and O–H groups in total. The molecule has 0 aromatic heterocycles. The van der Waals surface area contributed by atoms with E-state index in [4.69, 9.17) is 14.2 Å². The van der Waals surface area contributed by atoms with Crippen LogP contribution in [0.5, 0.6) is 0 Å². The van der Waals surface area contributed by atoms with Crippen LogP contribution in [0, 0.1) is 0 Å². The highest BCUT2D eigenvalue weighted by Gasteiger charge is 2.44. The summed E-state index contributed by atoms with van der Waals surface area (Å²) >= 11 is 0. The average molecular weight is 1110 g/mol. The van der Waals surface area contributed by atoms with Crippen LogP contribution in [0.3, 0.4) is 0 Å². The number of rotatable bonds is 59. The summed E-state index contributed by atoms with van der Waals surface area (Å²) in [6, 6.07) is -0.805. The third kappa shape index (κ3) is 45.7. The summed E-state index contributed by atoms with van der Waals surface area (Å²) in [6.07, 6.45) is 60.3. The number of hydrogen-bond donors (Lipinski definition) is 6. The van der Waals surface area contributed by atoms with Crippen LogP contribution < -0.4 is 5.32 Å². The molecule has 0 aliphatic carbocycles. The lowest BCUT2D eigenvalue weighted by atomic mass is 9.99. The largest absolute Gasteiger partial charge is 0.466 e. The van der Waals surface area contributed by atoms with Gasteiger partial charge in [0.05, 0.1) is 32.0 Å². The van der Waals surface area contributed by atoms with E-state index in [-0.39, 0.29) is 18.5 Å². The molecule has 0 radical (unpaired) electrons. The standard InChI is InChI=1S/C67H127NO10/c1-3-5-7-9-11-13-14-31-35-39-43-47-51-55-63(72)76-56-52-48-44-40-36-33-30-28-26-24-22-20-18-16-15-17-19-21-23-25-27-29-32-34-38-42-46-50-54-62(71)68-59(60(70)53-49-45-41-37-12-10-8-6-4-2)58-77-67-66(75)65(74)64(73)61(57-69)78-67/h13-14,49,53,59-61,64-67,69-70,73-75H,3-12,15-48,50-52,54-58H2,1-2H3,(H,68,71)/b14-13-,53-49+. The lowest BCUT2D eigenvalue weighted by Gasteiger charge is -2.40. The Morgan fingerprint density at radius 2 is 0.821 bits per heavy atom. The summed E-state index contributed by atoms with van der Waals surface area (Å²) in [5.74, 6) is -0.179. The summed E-state index contributed by atoms with van der Waals surface area (Å²) < 4.78 is 16.7. The number of carbonyl (C=O) groups excluding carboxylic acids is 2. The maximum absolute atomic E-state index is 13.0. The zero-order valence-electron chi connectivity index (χ0n) is 50.9. The van der Waals surface area contributed by atoms with Crippen molar-refractivity contribution in [1.82, 2.24) is 5.32 Å². The lowest BCUT2D eigenvalue weighted by molar-refractivity contribution is -0.302. The topological polar surface area (TPSA) is 175 Å². The Labute approximate surface area is 480 Å². The van der Waals surface area contributed by atoms with E-state index in [9.17, 15) is 35.1 Å². The fourth-order valence-electron chi connectivity index (χ4n) is 10.7. The van der Waals surface area contributed by atoms with E-state index < -0.39 is 49.5 Å². The molecule has 0 bridgehead atoms. The molecule has 460 valence electrons. The van der Waals surface area contributed by atoms with Crippen molar-refractivity contribution in [2.75, 3.05) is 19.8 Å². The molecule has 1 fully saturated rings. The Morgan fingerprint density at radius 3 is 1.24 bits per heavy atom. The molecular formula is C67H127NO10. The number of amides is 1. The van der Waals surface area contributed by atoms with Gasteiger partial charge in [0, 0.05) is 12.8 Å². The van der Waals surface area contributed by atoms with Crippen molar-refractivity contribution >= 4 is 11.9 Å². The minimum Gasteiger partial charge on any atom is -0.466 e. The van der Waals surface area contributed by atoms with Gasteiger partial charge in [-0.3, -0.25) is 9.59 Å². The molecule has 1 aliphatic heterocycles. The number of ether oxygens (including phenoxy) is 3. The van der Waals surface area contributed by atoms with Gasteiger partial charge in [-0.15, -0.1) is 0 Å². The number of allylic oxidation sites excluding steroid dienone is 3. The molecule has 0 aromatic rings. The van der Waals surface area contributed by atoms with Gasteiger partial charge in [-0.05, 0) is 57.8 Å². The van der Waals surface area contributed by atoms with E-state index in [0.29, 0.717) is 19.4 Å². The SMILES string of the molecule is CCCCCC/C=C\CCCCCCCC(=O)OCCCCCCCCCCCCCCCCCCCCCCCCCCCCCCC(=O)NC(COC1OC(CO)C(O)C(O)C1O)C(O)/C=C/CCCCCCCCC. The molecule has 1 rings (SSSR count). The van der Waals surface area contributed by atoms with Crippen LogP contribution in [0.15, 0.2) is 24.3 Å². The third-order valence-corrected chi connectivity index (χ3v) is 16.1. The van der Waals surface area contributed by atoms with Crippen LogP contribution in [-0.4, -0.2) is 100 Å². The van der Waals surface area contributed by atoms with Crippen molar-refractivity contribution in [3.8, 4) is 0 Å². The number of aliphatic hydroxyl groups is 5. The van der Waals surface area contributed by atoms with Gasteiger partial charge < -0.3 is 45.1 Å². The van der Waals surface area contributed by atoms with Crippen molar-refractivity contribution < 1.29 is 49.3 Å². The van der Waals surface area contributed by atoms with Gasteiger partial charge in [-0.2, -0.15) is 0 Å². The number of aliphatic hydroxyl groups excluding tert-OH is 5. The highest BCUT2D eigenvalue weighted by Crippen LogP contribution is 2.23. The van der Waals surface area contributed by atoms with Gasteiger partial charge in [0.2, 0.25) is 5.91 Å². The van der Waals surface area contributed by atoms with Gasteiger partial charge in [0.1, 0.15) is 24.4 Å². The second-order valence-electron chi connectivity index (χ2n) is 23.5. The summed E-state index contributed by atoms with van der Waals surface area (Å²) in [5.41, 5.74) is 0. The van der Waals surface area contributed by atoms with E-state index in [1.54, 1.807) is 6.08 Å². The summed E-state index contributed by atoms with van der Waals surface area (Å²) in [4.78, 5) is 25.1. The number of esters is 1. The normalized spacial score (nSPS) is 18.6. The summed E-state index contributed by atoms with van der Waals surface area (Å²) in [7, 11) is 0. The molecule has 7 unspecified atom stereocenters. The van der Waals surface area contributed by atoms with Crippen LogP contribution in [0.2, 0.25) is 0 Å². The van der Waals surface area contributed by atoms with Crippen LogP contribution in [-0.2, 0) is 23.8 Å². The maximum atomic E-state index is 13.0. The molecule has 1 heterocycles. The highest BCUT2D eigenvalue weighted by molar-refractivity contribution is 5.76. The molecule has 1 saturated heterocycles. The van der Waals surface area contributed by atoms with Gasteiger partial charge in [-0.1, -0.05) is 282 Å². The van der Waals surface area contributed by atoms with E-state index in [2.05, 4.69) is 31.3 Å². The predicted octanol–water partition coefficient (Wildman–Crippen LogP) is 16.5. The van der Waals surface area contributed by atoms with Crippen molar-refractivity contribution in [2.24, 2.45) is 0 Å². The predicted molar refractivity (Wildman–Crippen MR) is 324 cm³/mol. The molecule has 0 aromatic carbocycles. The minimum absolute atomic E-state index is 0.000658. The lowest BCUT2D eigenvalue weighted by Crippen LogP contribution is -2.60. The quantitative estimate of drug-likeness (QED) is 0.0195. The highest BCUT2D eigenvalue weighted by atomic mass is 16.7. The molecule has 78 heavy (non-hydrogen) atoms. The zero-order chi connectivity index (χ0) is 56.6. The Hall–Kier alpha value is -1.86. The Morgan fingerprint density at radius 1 is 0.462 bits per heavy atom. The monoisotopic (exact) mass is 1110 g/mol. The fourth-order valence-corrected chi connectivity index (χ4v) is 10.7. The van der Waals surface area contributed by atoms with Crippen molar-refractivity contribution in [1.29, 1.82) is 0 Å². The molecule has 11 heteroatoms. The third-order valence-electron chi connectivity index (χ3n) is 16.1. The molecule has 1 amide bonds. The van der Waals surface area contributed by atoms with Crippen LogP contribution >= 0.6 is 0 Å². The van der Waals surface area contributed by atoms with Gasteiger partial charge in [-0.25, -0.2) is 0 Å². The van der Waals surface area contributed by atoms with E-state index in [1.165, 1.54) is 244 Å². The number of carbonyl (C=O) groups is 2. The van der Waals surface area contributed by atoms with Crippen molar-refractivity contribution in [3.05, 3.63) is 24.3 Å². The first-order valence-electron chi connectivity index (χ1n) is 33.6. The van der Waals surface area contributed by atoms with Gasteiger partial charge in [0.15, 0.2) is 6.29 Å². The Bertz CT molecular complexity index is 1350. The Kier molecular flexibility index (Phi) is 54.2. The van der Waals surface area contributed by atoms with Crippen LogP contribution in [0.4, 0.5) is 0 Å². The first-order valence-corrected chi connectivity index (χ1v) is 33.6. The summed E-state index contributed by atoms with van der Waals surface area (Å²) in [5, 5.41) is 54.3. The Balaban J connectivity index is 1.92. The van der Waals surface area contributed by atoms with Crippen molar-refractivity contribution in [2.45, 2.75) is 371 Å². The van der Waals surface area contributed by atoms with Crippen LogP contribution in [0.25, 0.3) is 0 Å². The first kappa shape index (κ1) is 74.2. The second-order valence-corrected chi connectivity index (χ2v) is 23.5. The molecule has 0 saturated carbocycles. The first-order chi connectivity index (χ1) is 38.2.